The van der Waals surface area contributed by atoms with Crippen molar-refractivity contribution in [1.82, 2.24) is 0 Å². The summed E-state index contributed by atoms with van der Waals surface area (Å²) in [6, 6.07) is 10.2. The number of nitrogens with one attached hydrogen (secondary N) is 1. The molecule has 0 spiro atoms. The van der Waals surface area contributed by atoms with Gasteiger partial charge in [0.1, 0.15) is 0 Å². The number of anilines is 1. The summed E-state index contributed by atoms with van der Waals surface area (Å²) in [5.74, 6) is 0. The molecule has 0 aliphatic rings. The van der Waals surface area contributed by atoms with E-state index in [1.807, 2.05) is 18.2 Å². The Morgan fingerprint density at radius 1 is 1.06 bits per heavy atom. The van der Waals surface area contributed by atoms with Crippen molar-refractivity contribution in [3.63, 3.8) is 0 Å². The molecule has 0 aromatic heterocycles. The van der Waals surface area contributed by atoms with Crippen molar-refractivity contribution in [2.24, 2.45) is 0 Å². The highest BCUT2D eigenvalue weighted by molar-refractivity contribution is 8.07. The molecule has 1 N–H and O–H groups in total. The molecule has 0 bridgehead atoms. The average molecular weight is 290 g/mol. The minimum atomic E-state index is -1.07. The molecule has 96 valence electrons. The zero-order valence-corrected chi connectivity index (χ0v) is 13.2. The first-order valence-electron chi connectivity index (χ1n) is 5.91. The van der Waals surface area contributed by atoms with E-state index in [-0.39, 0.29) is 12.4 Å². The van der Waals surface area contributed by atoms with Gasteiger partial charge in [0.25, 0.3) is 0 Å². The third-order valence-electron chi connectivity index (χ3n) is 3.27. The van der Waals surface area contributed by atoms with Crippen molar-refractivity contribution in [2.45, 2.75) is 20.8 Å². The molecule has 1 aromatic rings. The van der Waals surface area contributed by atoms with Gasteiger partial charge in [-0.1, -0.05) is 18.2 Å². The minimum Gasteiger partial charge on any atom is -1.00 e. The van der Waals surface area contributed by atoms with Gasteiger partial charge in [-0.2, -0.15) is 0 Å². The summed E-state index contributed by atoms with van der Waals surface area (Å²) >= 11 is 5.61. The second-order valence-corrected chi connectivity index (χ2v) is 9.24. The van der Waals surface area contributed by atoms with Gasteiger partial charge in [0.05, 0.1) is 25.7 Å². The second kappa shape index (κ2) is 8.02. The zero-order chi connectivity index (χ0) is 12.0. The number of hydrogen-bond acceptors (Lipinski definition) is 1. The van der Waals surface area contributed by atoms with Crippen LogP contribution in [-0.4, -0.2) is 23.2 Å². The van der Waals surface area contributed by atoms with Crippen molar-refractivity contribution in [2.75, 3.05) is 23.8 Å². The maximum atomic E-state index is 5.61. The molecular weight excluding hydrogens is 269 g/mol. The summed E-state index contributed by atoms with van der Waals surface area (Å²) in [5, 5.41) is 3.42. The largest absolute Gasteiger partial charge is 1.00 e. The lowest BCUT2D eigenvalue weighted by molar-refractivity contribution is -0.00000330. The Morgan fingerprint density at radius 3 is 1.94 bits per heavy atom. The standard InChI is InChI=1S/C13H20NPS.ClH/c1-4-15(5-2,6-3)13(16)14-12-10-8-7-9-11-12;/h7-11H,4-6H2,1-3H3;1H. The Bertz CT molecular complexity index is 330. The van der Waals surface area contributed by atoms with Crippen molar-refractivity contribution >= 4 is 29.9 Å². The molecule has 0 aliphatic carbocycles. The van der Waals surface area contributed by atoms with E-state index in [4.69, 9.17) is 12.2 Å². The van der Waals surface area contributed by atoms with Crippen molar-refractivity contribution in [1.29, 1.82) is 0 Å². The van der Waals surface area contributed by atoms with Crippen LogP contribution in [0.5, 0.6) is 0 Å². The fourth-order valence-corrected chi connectivity index (χ4v) is 5.71. The summed E-state index contributed by atoms with van der Waals surface area (Å²) in [6.07, 6.45) is 3.62. The van der Waals surface area contributed by atoms with Crippen LogP contribution >= 0.6 is 19.5 Å². The molecule has 0 saturated carbocycles. The van der Waals surface area contributed by atoms with E-state index in [0.717, 1.165) is 10.4 Å². The lowest BCUT2D eigenvalue weighted by atomic mass is 10.3. The topological polar surface area (TPSA) is 12.0 Å². The van der Waals surface area contributed by atoms with Crippen LogP contribution in [0.4, 0.5) is 5.69 Å². The third-order valence-corrected chi connectivity index (χ3v) is 9.14. The van der Waals surface area contributed by atoms with E-state index >= 15 is 0 Å². The smallest absolute Gasteiger partial charge is 0.225 e. The van der Waals surface area contributed by atoms with Crippen molar-refractivity contribution in [3.8, 4) is 0 Å². The highest BCUT2D eigenvalue weighted by atomic mass is 35.5. The monoisotopic (exact) mass is 289 g/mol. The SMILES string of the molecule is CC[P+](CC)(CC)C(=S)Nc1ccccc1.[Cl-]. The Balaban J connectivity index is 0.00000256. The normalized spacial score (nSPS) is 10.5. The molecule has 0 radical (unpaired) electrons. The van der Waals surface area contributed by atoms with E-state index in [9.17, 15) is 0 Å². The van der Waals surface area contributed by atoms with Crippen LogP contribution in [0.15, 0.2) is 30.3 Å². The van der Waals surface area contributed by atoms with Crippen LogP contribution in [0.3, 0.4) is 0 Å². The molecule has 0 saturated heterocycles. The minimum absolute atomic E-state index is 0. The molecule has 0 unspecified atom stereocenters. The maximum absolute atomic E-state index is 5.61. The quantitative estimate of drug-likeness (QED) is 0.651. The summed E-state index contributed by atoms with van der Waals surface area (Å²) in [6.45, 7) is 6.79. The molecule has 17 heavy (non-hydrogen) atoms. The van der Waals surface area contributed by atoms with Gasteiger partial charge in [-0.25, -0.2) is 0 Å². The van der Waals surface area contributed by atoms with Gasteiger partial charge < -0.3 is 17.7 Å². The number of thiocarbonyl (C=S) groups is 1. The summed E-state index contributed by atoms with van der Waals surface area (Å²) in [5.41, 5.74) is 1.12. The first-order chi connectivity index (χ1) is 7.68. The zero-order valence-electron chi connectivity index (χ0n) is 10.7. The number of benzene rings is 1. The maximum Gasteiger partial charge on any atom is 0.225 e. The predicted octanol–water partition coefficient (Wildman–Crippen LogP) is 1.46. The van der Waals surface area contributed by atoms with E-state index in [1.54, 1.807) is 0 Å². The Hall–Kier alpha value is -0.170. The number of rotatable bonds is 5. The molecule has 0 atom stereocenters. The van der Waals surface area contributed by atoms with E-state index in [2.05, 4.69) is 38.2 Å². The number of hydrogen-bond donors (Lipinski definition) is 1. The summed E-state index contributed by atoms with van der Waals surface area (Å²) in [4.78, 5) is 0. The second-order valence-electron chi connectivity index (χ2n) is 3.89. The molecule has 1 nitrogen and oxygen atoms in total. The third kappa shape index (κ3) is 4.21. The van der Waals surface area contributed by atoms with Crippen LogP contribution in [0.2, 0.25) is 0 Å². The van der Waals surface area contributed by atoms with Gasteiger partial charge in [-0.15, -0.1) is 0 Å². The molecule has 1 rings (SSSR count). The van der Waals surface area contributed by atoms with Crippen molar-refractivity contribution < 1.29 is 12.4 Å². The van der Waals surface area contributed by atoms with Gasteiger partial charge in [-0.3, -0.25) is 0 Å². The molecule has 1 aromatic carbocycles. The number of halogens is 1. The van der Waals surface area contributed by atoms with Crippen LogP contribution in [0, 0.1) is 0 Å². The molecule has 4 heteroatoms. The van der Waals surface area contributed by atoms with Gasteiger partial charge in [0.15, 0.2) is 0 Å². The average Bonchev–Trinajstić information content (AvgIpc) is 2.33. The van der Waals surface area contributed by atoms with Gasteiger partial charge >= 0.3 is 0 Å². The van der Waals surface area contributed by atoms with Crippen molar-refractivity contribution in [3.05, 3.63) is 30.3 Å². The highest BCUT2D eigenvalue weighted by Gasteiger charge is 2.37. The predicted molar refractivity (Wildman–Crippen MR) is 81.2 cm³/mol. The van der Waals surface area contributed by atoms with E-state index < -0.39 is 7.26 Å². The Morgan fingerprint density at radius 2 is 1.53 bits per heavy atom. The number of para-hydroxylation sites is 1. The Kier molecular flexibility index (Phi) is 7.94. The lowest BCUT2D eigenvalue weighted by Gasteiger charge is -2.24. The fourth-order valence-electron chi connectivity index (χ4n) is 1.87. The van der Waals surface area contributed by atoms with E-state index in [1.165, 1.54) is 18.5 Å². The fraction of sp³-hybridized carbons (Fsp3) is 0.462. The molecule has 0 fully saturated rings. The lowest BCUT2D eigenvalue weighted by Crippen LogP contribution is -3.00. The molecule has 0 heterocycles. The summed E-state index contributed by atoms with van der Waals surface area (Å²) < 4.78 is 1.09. The first kappa shape index (κ1) is 16.8. The Labute approximate surface area is 117 Å². The van der Waals surface area contributed by atoms with Gasteiger partial charge in [0.2, 0.25) is 4.73 Å². The molecular formula is C13H21ClNPS. The van der Waals surface area contributed by atoms with Gasteiger partial charge in [0, 0.05) is 5.69 Å². The highest BCUT2D eigenvalue weighted by Crippen LogP contribution is 2.59. The molecule has 0 aliphatic heterocycles. The van der Waals surface area contributed by atoms with Crippen LogP contribution in [-0.2, 0) is 0 Å². The van der Waals surface area contributed by atoms with Crippen LogP contribution in [0.1, 0.15) is 20.8 Å². The van der Waals surface area contributed by atoms with E-state index in [0.29, 0.717) is 0 Å². The van der Waals surface area contributed by atoms with Crippen LogP contribution < -0.4 is 17.7 Å². The van der Waals surface area contributed by atoms with Crippen LogP contribution in [0.25, 0.3) is 0 Å². The van der Waals surface area contributed by atoms with Gasteiger partial charge in [-0.05, 0) is 45.1 Å². The molecule has 0 amide bonds. The summed E-state index contributed by atoms with van der Waals surface area (Å²) in [7, 11) is -1.07. The first-order valence-corrected chi connectivity index (χ1v) is 8.66.